The number of anilines is 1. The van der Waals surface area contributed by atoms with Crippen LogP contribution in [0.25, 0.3) is 0 Å². The van der Waals surface area contributed by atoms with Crippen LogP contribution >= 0.6 is 11.8 Å². The third-order valence-corrected chi connectivity index (χ3v) is 5.92. The Kier molecular flexibility index (Phi) is 7.13. The van der Waals surface area contributed by atoms with Gasteiger partial charge >= 0.3 is 6.61 Å². The van der Waals surface area contributed by atoms with Crippen molar-refractivity contribution in [1.29, 1.82) is 0 Å². The van der Waals surface area contributed by atoms with Crippen LogP contribution < -0.4 is 10.1 Å². The minimum absolute atomic E-state index is 0.0440. The van der Waals surface area contributed by atoms with Gasteiger partial charge in [-0.15, -0.1) is 0 Å². The van der Waals surface area contributed by atoms with Crippen LogP contribution in [0, 0.1) is 13.8 Å². The van der Waals surface area contributed by atoms with Gasteiger partial charge in [0, 0.05) is 18.0 Å². The van der Waals surface area contributed by atoms with Gasteiger partial charge in [0.25, 0.3) is 0 Å². The quantitative estimate of drug-likeness (QED) is 0.635. The van der Waals surface area contributed by atoms with E-state index in [9.17, 15) is 13.6 Å². The van der Waals surface area contributed by atoms with Crippen molar-refractivity contribution < 1.29 is 23.0 Å². The fourth-order valence-electron chi connectivity index (χ4n) is 3.10. The van der Waals surface area contributed by atoms with E-state index in [1.165, 1.54) is 36.0 Å². The van der Waals surface area contributed by atoms with Gasteiger partial charge in [0.1, 0.15) is 5.75 Å². The highest BCUT2D eigenvalue weighted by Gasteiger charge is 2.23. The van der Waals surface area contributed by atoms with Crippen molar-refractivity contribution >= 4 is 23.4 Å². The van der Waals surface area contributed by atoms with Gasteiger partial charge in [0.05, 0.1) is 23.6 Å². The normalized spacial score (nSPS) is 17.5. The van der Waals surface area contributed by atoms with E-state index in [-0.39, 0.29) is 17.8 Å². The summed E-state index contributed by atoms with van der Waals surface area (Å²) in [5, 5.41) is 3.19. The van der Waals surface area contributed by atoms with Gasteiger partial charge in [0.15, 0.2) is 5.16 Å². The highest BCUT2D eigenvalue weighted by Crippen LogP contribution is 2.28. The smallest absolute Gasteiger partial charge is 0.387 e. The van der Waals surface area contributed by atoms with E-state index in [1.807, 2.05) is 20.8 Å². The number of benzene rings is 1. The molecule has 1 amide bonds. The first-order valence-corrected chi connectivity index (χ1v) is 10.4. The van der Waals surface area contributed by atoms with Gasteiger partial charge in [-0.25, -0.2) is 4.98 Å². The Bertz CT molecular complexity index is 836. The summed E-state index contributed by atoms with van der Waals surface area (Å²) in [5.41, 5.74) is 2.53. The monoisotopic (exact) mass is 425 g/mol. The molecule has 1 aromatic heterocycles. The summed E-state index contributed by atoms with van der Waals surface area (Å²) in [6.07, 6.45) is 2.28. The Morgan fingerprint density at radius 3 is 2.72 bits per heavy atom. The number of rotatable bonds is 8. The van der Waals surface area contributed by atoms with Crippen molar-refractivity contribution in [2.24, 2.45) is 0 Å². The van der Waals surface area contributed by atoms with Crippen molar-refractivity contribution in [3.63, 3.8) is 0 Å². The average Bonchev–Trinajstić information content (AvgIpc) is 3.27. The van der Waals surface area contributed by atoms with E-state index in [4.69, 9.17) is 4.74 Å². The molecule has 0 radical (unpaired) electrons. The molecule has 9 heteroatoms. The third-order valence-electron chi connectivity index (χ3n) is 4.83. The second kappa shape index (κ2) is 9.58. The number of halogens is 2. The number of thioether (sulfide) groups is 1. The van der Waals surface area contributed by atoms with Crippen molar-refractivity contribution in [2.45, 2.75) is 63.3 Å². The zero-order chi connectivity index (χ0) is 21.0. The van der Waals surface area contributed by atoms with Crippen molar-refractivity contribution in [3.8, 4) is 5.75 Å². The van der Waals surface area contributed by atoms with Gasteiger partial charge < -0.3 is 19.4 Å². The van der Waals surface area contributed by atoms with Crippen LogP contribution in [-0.4, -0.2) is 40.0 Å². The summed E-state index contributed by atoms with van der Waals surface area (Å²) in [4.78, 5) is 17.2. The molecule has 1 saturated heterocycles. The number of hydrogen-bond donors (Lipinski definition) is 1. The van der Waals surface area contributed by atoms with Gasteiger partial charge in [-0.3, -0.25) is 4.79 Å². The number of nitrogens with one attached hydrogen (secondary N) is 1. The van der Waals surface area contributed by atoms with Crippen LogP contribution in [0.1, 0.15) is 31.2 Å². The SMILES string of the molecule is Cc1nc(SC(C)C(=O)Nc2ccc(OC(F)F)cc2)n(CC2CCCO2)c1C. The first kappa shape index (κ1) is 21.6. The second-order valence-corrected chi connectivity index (χ2v) is 8.27. The van der Waals surface area contributed by atoms with Crippen LogP contribution in [0.15, 0.2) is 29.4 Å². The molecule has 3 rings (SSSR count). The first-order valence-electron chi connectivity index (χ1n) is 9.51. The van der Waals surface area contributed by atoms with Gasteiger partial charge in [0.2, 0.25) is 5.91 Å². The number of aromatic nitrogens is 2. The van der Waals surface area contributed by atoms with E-state index in [2.05, 4.69) is 19.6 Å². The maximum Gasteiger partial charge on any atom is 0.387 e. The number of hydrogen-bond acceptors (Lipinski definition) is 5. The topological polar surface area (TPSA) is 65.4 Å². The number of imidazole rings is 1. The van der Waals surface area contributed by atoms with Crippen LogP contribution in [0.3, 0.4) is 0 Å². The summed E-state index contributed by atoms with van der Waals surface area (Å²) in [7, 11) is 0. The largest absolute Gasteiger partial charge is 0.435 e. The Hall–Kier alpha value is -2.13. The summed E-state index contributed by atoms with van der Waals surface area (Å²) in [6, 6.07) is 5.83. The van der Waals surface area contributed by atoms with Crippen LogP contribution in [0.2, 0.25) is 0 Å². The van der Waals surface area contributed by atoms with Crippen LogP contribution in [0.5, 0.6) is 5.75 Å². The lowest BCUT2D eigenvalue weighted by Gasteiger charge is -2.17. The standard InChI is InChI=1S/C20H25F2N3O3S/c1-12-13(2)25(11-17-5-4-10-27-17)20(23-12)29-14(3)18(26)24-15-6-8-16(9-7-15)28-19(21)22/h6-9,14,17,19H,4-5,10-11H2,1-3H3,(H,24,26). The molecule has 1 aliphatic rings. The summed E-state index contributed by atoms with van der Waals surface area (Å²) < 4.78 is 36.6. The van der Waals surface area contributed by atoms with E-state index in [1.54, 1.807) is 0 Å². The van der Waals surface area contributed by atoms with E-state index in [0.717, 1.165) is 42.5 Å². The molecular weight excluding hydrogens is 400 g/mol. The second-order valence-electron chi connectivity index (χ2n) is 6.96. The first-order chi connectivity index (χ1) is 13.8. The Balaban J connectivity index is 1.62. The molecule has 2 atom stereocenters. The molecule has 1 aliphatic heterocycles. The highest BCUT2D eigenvalue weighted by atomic mass is 32.2. The molecule has 2 heterocycles. The van der Waals surface area contributed by atoms with Crippen LogP contribution in [-0.2, 0) is 16.1 Å². The third kappa shape index (κ3) is 5.70. The maximum atomic E-state index is 12.6. The molecule has 0 bridgehead atoms. The number of ether oxygens (including phenoxy) is 2. The number of aryl methyl sites for hydroxylation is 1. The lowest BCUT2D eigenvalue weighted by atomic mass is 10.2. The molecule has 0 saturated carbocycles. The number of carbonyl (C=O) groups is 1. The molecule has 0 spiro atoms. The molecule has 6 nitrogen and oxygen atoms in total. The molecule has 2 unspecified atom stereocenters. The summed E-state index contributed by atoms with van der Waals surface area (Å²) >= 11 is 1.39. The van der Waals surface area contributed by atoms with E-state index in [0.29, 0.717) is 5.69 Å². The molecule has 158 valence electrons. The van der Waals surface area contributed by atoms with Crippen LogP contribution in [0.4, 0.5) is 14.5 Å². The number of amides is 1. The lowest BCUT2D eigenvalue weighted by molar-refractivity contribution is -0.115. The van der Waals surface area contributed by atoms with Gasteiger partial charge in [-0.1, -0.05) is 11.8 Å². The van der Waals surface area contributed by atoms with Gasteiger partial charge in [-0.05, 0) is 57.9 Å². The fourth-order valence-corrected chi connectivity index (χ4v) is 4.11. The van der Waals surface area contributed by atoms with E-state index < -0.39 is 11.9 Å². The maximum absolute atomic E-state index is 12.6. The molecule has 1 aromatic carbocycles. The molecule has 0 aliphatic carbocycles. The molecule has 1 N–H and O–H groups in total. The average molecular weight is 426 g/mol. The molecule has 29 heavy (non-hydrogen) atoms. The summed E-state index contributed by atoms with van der Waals surface area (Å²) in [6.45, 7) is 4.43. The number of carbonyl (C=O) groups excluding carboxylic acids is 1. The zero-order valence-corrected chi connectivity index (χ0v) is 17.5. The molecule has 1 fully saturated rings. The number of alkyl halides is 2. The Labute approximate surface area is 173 Å². The highest BCUT2D eigenvalue weighted by molar-refractivity contribution is 8.00. The predicted molar refractivity (Wildman–Crippen MR) is 108 cm³/mol. The lowest BCUT2D eigenvalue weighted by Crippen LogP contribution is -2.23. The predicted octanol–water partition coefficient (Wildman–Crippen LogP) is 4.40. The van der Waals surface area contributed by atoms with Crippen molar-refractivity contribution in [1.82, 2.24) is 9.55 Å². The van der Waals surface area contributed by atoms with E-state index >= 15 is 0 Å². The van der Waals surface area contributed by atoms with Crippen molar-refractivity contribution in [3.05, 3.63) is 35.7 Å². The molecular formula is C20H25F2N3O3S. The minimum atomic E-state index is -2.88. The van der Waals surface area contributed by atoms with Crippen molar-refractivity contribution in [2.75, 3.05) is 11.9 Å². The fraction of sp³-hybridized carbons (Fsp3) is 0.500. The Morgan fingerprint density at radius 2 is 2.10 bits per heavy atom. The number of nitrogens with zero attached hydrogens (tertiary/aromatic N) is 2. The molecule has 2 aromatic rings. The zero-order valence-electron chi connectivity index (χ0n) is 16.7. The minimum Gasteiger partial charge on any atom is -0.435 e. The van der Waals surface area contributed by atoms with Gasteiger partial charge in [-0.2, -0.15) is 8.78 Å². The Morgan fingerprint density at radius 1 is 1.38 bits per heavy atom. The summed E-state index contributed by atoms with van der Waals surface area (Å²) in [5.74, 6) is -0.151.